The Labute approximate surface area is 92.1 Å². The number of hydrogen-bond donors (Lipinski definition) is 1. The first-order valence-electron chi connectivity index (χ1n) is 6.02. The molecule has 2 rings (SSSR count). The highest BCUT2D eigenvalue weighted by Crippen LogP contribution is 2.21. The smallest absolute Gasteiger partial charge is 0.126 e. The van der Waals surface area contributed by atoms with E-state index in [1.165, 1.54) is 30.5 Å². The Bertz CT molecular complexity index is 333. The Morgan fingerprint density at radius 2 is 2.27 bits per heavy atom. The lowest BCUT2D eigenvalue weighted by atomic mass is 10.1. The summed E-state index contributed by atoms with van der Waals surface area (Å²) < 4.78 is 0. The lowest BCUT2D eigenvalue weighted by molar-refractivity contribution is 0.592. The molecule has 0 aliphatic heterocycles. The van der Waals surface area contributed by atoms with Crippen LogP contribution in [0.5, 0.6) is 0 Å². The number of aromatic nitrogens is 1. The molecule has 0 bridgehead atoms. The van der Waals surface area contributed by atoms with Crippen LogP contribution in [0, 0.1) is 5.92 Å². The molecule has 0 fully saturated rings. The van der Waals surface area contributed by atoms with Crippen LogP contribution in [-0.4, -0.2) is 11.5 Å². The van der Waals surface area contributed by atoms with Gasteiger partial charge in [0.1, 0.15) is 5.82 Å². The van der Waals surface area contributed by atoms with Crippen LogP contribution in [-0.2, 0) is 12.8 Å². The largest absolute Gasteiger partial charge is 0.370 e. The van der Waals surface area contributed by atoms with Crippen molar-refractivity contribution in [1.29, 1.82) is 0 Å². The second kappa shape index (κ2) is 4.65. The molecule has 1 aromatic rings. The summed E-state index contributed by atoms with van der Waals surface area (Å²) in [6.07, 6.45) is 4.87. The molecule has 1 aromatic heterocycles. The Kier molecular flexibility index (Phi) is 3.24. The molecule has 1 aliphatic carbocycles. The van der Waals surface area contributed by atoms with E-state index in [0.717, 1.165) is 24.7 Å². The molecule has 0 aromatic carbocycles. The van der Waals surface area contributed by atoms with Crippen LogP contribution in [0.25, 0.3) is 0 Å². The SMILES string of the molecule is CCC(C)CNc1ccc2c(n1)CCC2. The number of hydrogen-bond acceptors (Lipinski definition) is 2. The highest BCUT2D eigenvalue weighted by atomic mass is 15.0. The fourth-order valence-corrected chi connectivity index (χ4v) is 1.94. The molecule has 0 radical (unpaired) electrons. The van der Waals surface area contributed by atoms with Crippen molar-refractivity contribution in [2.24, 2.45) is 5.92 Å². The van der Waals surface area contributed by atoms with Gasteiger partial charge in [0, 0.05) is 12.2 Å². The molecule has 2 heteroatoms. The fourth-order valence-electron chi connectivity index (χ4n) is 1.94. The number of nitrogens with one attached hydrogen (secondary N) is 1. The van der Waals surface area contributed by atoms with Gasteiger partial charge in [-0.3, -0.25) is 0 Å². The summed E-state index contributed by atoms with van der Waals surface area (Å²) in [6.45, 7) is 5.52. The molecule has 0 amide bonds. The van der Waals surface area contributed by atoms with Crippen molar-refractivity contribution in [3.05, 3.63) is 23.4 Å². The van der Waals surface area contributed by atoms with Crippen LogP contribution in [0.15, 0.2) is 12.1 Å². The molecule has 1 heterocycles. The first kappa shape index (κ1) is 10.5. The molecule has 1 aliphatic rings. The van der Waals surface area contributed by atoms with Gasteiger partial charge in [-0.1, -0.05) is 26.3 Å². The molecule has 2 nitrogen and oxygen atoms in total. The van der Waals surface area contributed by atoms with Crippen LogP contribution in [0.4, 0.5) is 5.82 Å². The molecule has 1 N–H and O–H groups in total. The maximum absolute atomic E-state index is 4.65. The van der Waals surface area contributed by atoms with Gasteiger partial charge in [-0.2, -0.15) is 0 Å². The van der Waals surface area contributed by atoms with Crippen LogP contribution in [0.3, 0.4) is 0 Å². The molecular weight excluding hydrogens is 184 g/mol. The van der Waals surface area contributed by atoms with E-state index < -0.39 is 0 Å². The first-order valence-corrected chi connectivity index (χ1v) is 6.02. The fraction of sp³-hybridized carbons (Fsp3) is 0.615. The predicted octanol–water partition coefficient (Wildman–Crippen LogP) is 3.03. The number of nitrogens with zero attached hydrogens (tertiary/aromatic N) is 1. The second-order valence-corrected chi connectivity index (χ2v) is 4.55. The summed E-state index contributed by atoms with van der Waals surface area (Å²) in [5.74, 6) is 1.77. The van der Waals surface area contributed by atoms with E-state index in [1.54, 1.807) is 0 Å². The van der Waals surface area contributed by atoms with Crippen molar-refractivity contribution >= 4 is 5.82 Å². The van der Waals surface area contributed by atoms with Crippen molar-refractivity contribution in [1.82, 2.24) is 4.98 Å². The van der Waals surface area contributed by atoms with E-state index >= 15 is 0 Å². The Balaban J connectivity index is 1.98. The number of pyridine rings is 1. The maximum Gasteiger partial charge on any atom is 0.126 e. The minimum absolute atomic E-state index is 0.722. The summed E-state index contributed by atoms with van der Waals surface area (Å²) >= 11 is 0. The van der Waals surface area contributed by atoms with Gasteiger partial charge in [0.25, 0.3) is 0 Å². The van der Waals surface area contributed by atoms with Crippen molar-refractivity contribution in [3.8, 4) is 0 Å². The van der Waals surface area contributed by atoms with Crippen molar-refractivity contribution < 1.29 is 0 Å². The zero-order valence-corrected chi connectivity index (χ0v) is 9.71. The monoisotopic (exact) mass is 204 g/mol. The van der Waals surface area contributed by atoms with Crippen molar-refractivity contribution in [2.45, 2.75) is 39.5 Å². The van der Waals surface area contributed by atoms with E-state index in [2.05, 4.69) is 36.3 Å². The first-order chi connectivity index (χ1) is 7.29. The second-order valence-electron chi connectivity index (χ2n) is 4.55. The normalized spacial score (nSPS) is 16.1. The lowest BCUT2D eigenvalue weighted by Gasteiger charge is -2.11. The average Bonchev–Trinajstić information content (AvgIpc) is 2.72. The van der Waals surface area contributed by atoms with Gasteiger partial charge >= 0.3 is 0 Å². The molecule has 0 spiro atoms. The maximum atomic E-state index is 4.65. The molecule has 1 unspecified atom stereocenters. The summed E-state index contributed by atoms with van der Waals surface area (Å²) in [5.41, 5.74) is 2.76. The predicted molar refractivity (Wildman–Crippen MR) is 64.2 cm³/mol. The van der Waals surface area contributed by atoms with E-state index in [9.17, 15) is 0 Å². The molecular formula is C13H20N2. The summed E-state index contributed by atoms with van der Waals surface area (Å²) in [4.78, 5) is 4.65. The van der Waals surface area contributed by atoms with Crippen LogP contribution in [0.1, 0.15) is 37.9 Å². The van der Waals surface area contributed by atoms with Gasteiger partial charge < -0.3 is 5.32 Å². The van der Waals surface area contributed by atoms with Gasteiger partial charge in [0.2, 0.25) is 0 Å². The van der Waals surface area contributed by atoms with E-state index in [4.69, 9.17) is 0 Å². The Morgan fingerprint density at radius 1 is 1.40 bits per heavy atom. The van der Waals surface area contributed by atoms with Gasteiger partial charge in [-0.05, 0) is 36.8 Å². The van der Waals surface area contributed by atoms with Gasteiger partial charge in [-0.15, -0.1) is 0 Å². The highest BCUT2D eigenvalue weighted by Gasteiger charge is 2.12. The number of rotatable bonds is 4. The van der Waals surface area contributed by atoms with Gasteiger partial charge in [0.05, 0.1) is 0 Å². The quantitative estimate of drug-likeness (QED) is 0.815. The zero-order valence-electron chi connectivity index (χ0n) is 9.71. The minimum atomic E-state index is 0.722. The third-order valence-electron chi connectivity index (χ3n) is 3.26. The molecule has 0 saturated heterocycles. The van der Waals surface area contributed by atoms with Crippen LogP contribution < -0.4 is 5.32 Å². The third-order valence-corrected chi connectivity index (χ3v) is 3.26. The molecule has 0 saturated carbocycles. The van der Waals surface area contributed by atoms with Crippen LogP contribution in [0.2, 0.25) is 0 Å². The minimum Gasteiger partial charge on any atom is -0.370 e. The average molecular weight is 204 g/mol. The third kappa shape index (κ3) is 2.49. The number of fused-ring (bicyclic) bond motifs is 1. The summed E-state index contributed by atoms with van der Waals surface area (Å²) in [7, 11) is 0. The standard InChI is InChI=1S/C13H20N2/c1-3-10(2)9-14-13-8-7-11-5-4-6-12(11)15-13/h7-8,10H,3-6,9H2,1-2H3,(H,14,15). The number of anilines is 1. The highest BCUT2D eigenvalue weighted by molar-refractivity contribution is 5.40. The molecule has 15 heavy (non-hydrogen) atoms. The van der Waals surface area contributed by atoms with Crippen LogP contribution >= 0.6 is 0 Å². The summed E-state index contributed by atoms with van der Waals surface area (Å²) in [6, 6.07) is 4.35. The molecule has 82 valence electrons. The van der Waals surface area contributed by atoms with Crippen molar-refractivity contribution in [3.63, 3.8) is 0 Å². The number of aryl methyl sites for hydroxylation is 2. The Morgan fingerprint density at radius 3 is 3.07 bits per heavy atom. The zero-order chi connectivity index (χ0) is 10.7. The van der Waals surface area contributed by atoms with E-state index in [1.807, 2.05) is 0 Å². The summed E-state index contributed by atoms with van der Waals surface area (Å²) in [5, 5.41) is 3.41. The van der Waals surface area contributed by atoms with Crippen molar-refractivity contribution in [2.75, 3.05) is 11.9 Å². The topological polar surface area (TPSA) is 24.9 Å². The van der Waals surface area contributed by atoms with Gasteiger partial charge in [0.15, 0.2) is 0 Å². The molecule has 1 atom stereocenters. The van der Waals surface area contributed by atoms with E-state index in [0.29, 0.717) is 0 Å². The van der Waals surface area contributed by atoms with E-state index in [-0.39, 0.29) is 0 Å². The van der Waals surface area contributed by atoms with Gasteiger partial charge in [-0.25, -0.2) is 4.98 Å². The lowest BCUT2D eigenvalue weighted by Crippen LogP contribution is -2.11. The Hall–Kier alpha value is -1.05.